The van der Waals surface area contributed by atoms with Gasteiger partial charge < -0.3 is 78.5 Å². The van der Waals surface area contributed by atoms with E-state index in [1.165, 1.54) is 43.4 Å². The number of hydrogen-bond acceptors (Lipinski definition) is 32. The molecule has 9 aliphatic rings. The third kappa shape index (κ3) is 19.4. The average molecular weight is 2080 g/mol. The fourth-order valence-corrected chi connectivity index (χ4v) is 19.6. The van der Waals surface area contributed by atoms with Crippen molar-refractivity contribution in [1.29, 1.82) is 0 Å². The van der Waals surface area contributed by atoms with Crippen molar-refractivity contribution >= 4 is 134 Å². The van der Waals surface area contributed by atoms with E-state index in [9.17, 15) is 89.5 Å². The van der Waals surface area contributed by atoms with Crippen molar-refractivity contribution in [3.8, 4) is 0 Å². The van der Waals surface area contributed by atoms with Crippen molar-refractivity contribution in [1.82, 2.24) is 110 Å². The average Bonchev–Trinajstić information content (AvgIpc) is 1.59. The van der Waals surface area contributed by atoms with Crippen LogP contribution in [0, 0.1) is 57.9 Å². The summed E-state index contributed by atoms with van der Waals surface area (Å²) in [6.07, 6.45) is 19.5. The summed E-state index contributed by atoms with van der Waals surface area (Å²) >= 11 is 11.2. The van der Waals surface area contributed by atoms with Gasteiger partial charge in [0.15, 0.2) is 22.8 Å². The molecule has 0 radical (unpaired) electrons. The zero-order chi connectivity index (χ0) is 106. The van der Waals surface area contributed by atoms with Crippen LogP contribution >= 0.6 is 23.2 Å². The maximum atomic E-state index is 14.3. The first-order valence-electron chi connectivity index (χ1n) is 46.6. The van der Waals surface area contributed by atoms with Crippen LogP contribution < -0.4 is 26.5 Å². The number of carbonyl (C=O) groups is 15. The minimum atomic E-state index is -1.55. The van der Waals surface area contributed by atoms with E-state index >= 15 is 0 Å². The number of nitrogens with two attached hydrogens (primary N) is 1. The number of pyridine rings is 1. The first-order valence-corrected chi connectivity index (χ1v) is 47.3. The number of rotatable bonds is 26. The number of carboxylic acid groups (broad SMARTS) is 2. The minimum Gasteiger partial charge on any atom is -0.477 e. The van der Waals surface area contributed by atoms with E-state index in [-0.39, 0.29) is 85.3 Å². The van der Waals surface area contributed by atoms with Crippen LogP contribution in [0.2, 0.25) is 10.0 Å². The van der Waals surface area contributed by atoms with E-state index in [1.54, 1.807) is 71.2 Å². The summed E-state index contributed by atoms with van der Waals surface area (Å²) in [7, 11) is 1.30. The number of amides is 3. The molecule has 0 spiro atoms. The quantitative estimate of drug-likeness (QED) is 0.00460. The van der Waals surface area contributed by atoms with Gasteiger partial charge in [-0.2, -0.15) is 61.6 Å². The van der Waals surface area contributed by atoms with Crippen LogP contribution in [0.25, 0.3) is 11.2 Å². The molecule has 4 aliphatic carbocycles. The molecule has 11 N–H and O–H groups in total. The van der Waals surface area contributed by atoms with Gasteiger partial charge in [0.2, 0.25) is 5.65 Å². The molecule has 0 unspecified atom stereocenters. The molecule has 0 saturated heterocycles. The van der Waals surface area contributed by atoms with Gasteiger partial charge in [-0.25, -0.2) is 56.1 Å². The summed E-state index contributed by atoms with van der Waals surface area (Å²) in [6.45, 7) is 12.2. The summed E-state index contributed by atoms with van der Waals surface area (Å²) in [5, 5.41) is 72.3. The Morgan fingerprint density at radius 1 is 0.466 bits per heavy atom. The van der Waals surface area contributed by atoms with Crippen molar-refractivity contribution in [2.75, 3.05) is 24.4 Å². The normalized spacial score (nSPS) is 15.4. The Morgan fingerprint density at radius 3 is 1.23 bits per heavy atom. The van der Waals surface area contributed by atoms with Crippen LogP contribution in [-0.2, 0) is 130 Å². The van der Waals surface area contributed by atoms with Crippen LogP contribution in [0.4, 0.5) is 28.9 Å². The maximum absolute atomic E-state index is 14.3. The Kier molecular flexibility index (Phi) is 28.5. The molecule has 0 bridgehead atoms. The molecule has 11 aromatic heterocycles. The molecule has 53 heteroatoms. The molecule has 13 aromatic rings. The summed E-state index contributed by atoms with van der Waals surface area (Å²) in [4.78, 5) is 197. The number of ketones is 5. The monoisotopic (exact) mass is 2080 g/mol. The number of nitrogens with zero attached hydrogens (tertiary/aromatic N) is 17. The number of aromatic carboxylic acids is 1. The van der Waals surface area contributed by atoms with Crippen LogP contribution in [0.1, 0.15) is 274 Å². The number of aliphatic carboxylic acids is 1. The lowest BCUT2D eigenvalue weighted by atomic mass is 10.0. The van der Waals surface area contributed by atoms with Crippen molar-refractivity contribution in [2.45, 2.75) is 212 Å². The highest BCUT2D eigenvalue weighted by atomic mass is 35.5. The molecule has 2 aromatic carbocycles. The Bertz CT molecular complexity index is 7440. The fraction of sp³-hybridized carbons (Fsp3) is 0.368. The zero-order valence-corrected chi connectivity index (χ0v) is 81.3. The lowest BCUT2D eigenvalue weighted by molar-refractivity contribution is -0.147. The topological polar surface area (TPSA) is 639 Å². The number of anilines is 2. The van der Waals surface area contributed by atoms with Gasteiger partial charge in [-0.15, -0.1) is 5.10 Å². The van der Waals surface area contributed by atoms with Gasteiger partial charge in [0.25, 0.3) is 46.6 Å². The number of hydrogen-bond donors (Lipinski definition) is 10. The molecule has 4 saturated carbocycles. The van der Waals surface area contributed by atoms with Crippen LogP contribution in [0.15, 0.2) is 67.4 Å². The summed E-state index contributed by atoms with van der Waals surface area (Å²) in [5.41, 5.74) is 11.8. The summed E-state index contributed by atoms with van der Waals surface area (Å²) in [6, 6.07) is 7.38. The predicted molar refractivity (Wildman–Crippen MR) is 500 cm³/mol. The predicted octanol–water partition coefficient (Wildman–Crippen LogP) is 8.91. The van der Waals surface area contributed by atoms with E-state index in [1.807, 2.05) is 0 Å². The second-order valence-electron chi connectivity index (χ2n) is 36.1. The molecule has 22 rings (SSSR count). The van der Waals surface area contributed by atoms with E-state index in [0.29, 0.717) is 190 Å². The van der Waals surface area contributed by atoms with E-state index in [2.05, 4.69) is 92.9 Å². The van der Waals surface area contributed by atoms with Gasteiger partial charge in [0.1, 0.15) is 78.4 Å². The number of halogens is 6. The molecule has 148 heavy (non-hydrogen) atoms. The van der Waals surface area contributed by atoms with Crippen LogP contribution in [0.5, 0.6) is 0 Å². The number of methoxy groups -OCH3 is 1. The standard InChI is InChI=1S/C22H19ClF2N6O3.C22H18ClF2N5O4.C21H18N8O5.C14H17NO5.C11H11NO5.C5H8N4/c1-10-15(19(32)21(34)28-22(6-7-22)14-9-26-30-29-14)13-3-2-8-31(13)18(10)20(33)27-12-5-4-11(24)16(23)17(12)25;1-10-15(19(31)21(33)34-22(6-7-22)14-9-26-29-28-14)13-3-2-8-30(13)18(10)20(32)27-12-5-4-11(24)16(23)17(12)25;1-11-15(17(30)20(32)33-21(6-7-21)14-10-23-26-25-14)13-5-3-9-28(13)16(11)19(31)34-29-18-12(24-27-29)4-2-8-22-18;1-4-20-14(18)12(16)10-8(2)11(13(17)19-3)15-7-5-6-9(10)15;1-5-7(9(13)11(16)17)6-3-2-4-12(6)8(5)10(14)15;6-5(1-2-5)4-3-7-9-8-4/h4-5,9H,2-3,6-8H2,1H3,(H,27,33)(H,28,34)(H,26,29,30);4-5,9H,2-3,6-8H2,1H3,(H,27,32)(H,26,28,29);2,4,8,10H,3,5-7,9H2,1H3,(H,23,25,26);4-7H2,1-3H3;2-4H2,1H3,(H,14,15)(H,16,17);3H,1-2,6H2,(H,7,8,9). The van der Waals surface area contributed by atoms with Crippen molar-refractivity contribution in [3.05, 3.63) is 236 Å². The molecule has 47 nitrogen and oxygen atoms in total. The number of carbonyl (C=O) groups excluding carboxylic acids is 13. The smallest absolute Gasteiger partial charge is 0.382 e. The molecule has 770 valence electrons. The summed E-state index contributed by atoms with van der Waals surface area (Å²) < 4.78 is 84.5. The zero-order valence-electron chi connectivity index (χ0n) is 79.8. The second kappa shape index (κ2) is 41.0. The Morgan fingerprint density at radius 2 is 0.845 bits per heavy atom. The van der Waals surface area contributed by atoms with Crippen molar-refractivity contribution < 1.29 is 123 Å². The lowest BCUT2D eigenvalue weighted by Crippen LogP contribution is -2.40. The highest BCUT2D eigenvalue weighted by Gasteiger charge is 2.55. The number of aromatic nitrogens is 21. The number of nitrogens with one attached hydrogen (secondary N) is 7. The molecular weight excluding hydrogens is 1990 g/mol. The van der Waals surface area contributed by atoms with E-state index in [0.717, 1.165) is 72.6 Å². The molecule has 4 fully saturated rings. The number of fused-ring (bicyclic) bond motifs is 6. The Balaban J connectivity index is 0.000000126. The van der Waals surface area contributed by atoms with Gasteiger partial charge in [-0.1, -0.05) is 23.2 Å². The van der Waals surface area contributed by atoms with Crippen molar-refractivity contribution in [2.24, 2.45) is 5.73 Å². The Hall–Kier alpha value is -16.7. The van der Waals surface area contributed by atoms with Gasteiger partial charge in [0.05, 0.1) is 88.8 Å². The number of H-pyrrole nitrogens is 4. The van der Waals surface area contributed by atoms with E-state index in [4.69, 9.17) is 62.9 Å². The number of ether oxygens (including phenoxy) is 4. The molecule has 3 amide bonds. The largest absolute Gasteiger partial charge is 0.477 e. The van der Waals surface area contributed by atoms with E-state index < -0.39 is 138 Å². The van der Waals surface area contributed by atoms with Gasteiger partial charge >= 0.3 is 41.8 Å². The third-order valence-electron chi connectivity index (χ3n) is 27.0. The maximum Gasteiger partial charge on any atom is 0.382 e. The van der Waals surface area contributed by atoms with Crippen LogP contribution in [0.3, 0.4) is 0 Å². The second-order valence-corrected chi connectivity index (χ2v) is 36.9. The fourth-order valence-electron chi connectivity index (χ4n) is 19.3. The highest BCUT2D eigenvalue weighted by molar-refractivity contribution is 6.45. The Labute approximate surface area is 841 Å². The molecular formula is C95H91Cl2F4N25O22. The summed E-state index contributed by atoms with van der Waals surface area (Å²) in [5.74, 6) is -17.3. The molecule has 0 atom stereocenters. The first kappa shape index (κ1) is 103. The van der Waals surface area contributed by atoms with Gasteiger partial charge in [0, 0.05) is 67.4 Å². The molecule has 5 aliphatic heterocycles. The van der Waals surface area contributed by atoms with Crippen LogP contribution in [-0.4, -0.2) is 217 Å². The third-order valence-corrected chi connectivity index (χ3v) is 27.7. The van der Waals surface area contributed by atoms with Gasteiger partial charge in [-0.05, 0) is 231 Å². The number of esters is 4. The van der Waals surface area contributed by atoms with Gasteiger partial charge in [-0.3, -0.25) is 38.4 Å². The SMILES string of the molecule is CCOC(=O)C(=O)c1c(C)c(C(=O)OC)n2c1CCC2.Cc1c(C(=O)C(=O)NC2(c3cn[nH]n3)CC2)c2n(c1C(=O)Nc1ccc(F)c(Cl)c1F)CCC2.Cc1c(C(=O)C(=O)O)c2n(c1C(=O)O)CCC2.Cc1c(C(=O)C(=O)OC2(c3cn[nH]n3)CC2)c2n(c1C(=O)Nc1ccc(F)c(Cl)c1F)CCC2.Cc1c(C(=O)C(=O)OC2(c3cn[nH]n3)CC2)c2n(c1C(=O)On1nnc3cccnc31)CCC2.NC1(c2cn[nH]n2)CC1. The lowest BCUT2D eigenvalue weighted by Gasteiger charge is -2.14. The number of benzene rings is 2. The number of Topliss-reactive ketones (excluding diaryl/α,β-unsaturated/α-hetero) is 5. The van der Waals surface area contributed by atoms with Crippen molar-refractivity contribution in [3.63, 3.8) is 0 Å². The minimum absolute atomic E-state index is 0.0297. The number of carboxylic acids is 2. The molecule has 16 heterocycles. The number of aromatic amines is 4. The first-order chi connectivity index (χ1) is 70.7. The highest BCUT2D eigenvalue weighted by Crippen LogP contribution is 2.51.